The van der Waals surface area contributed by atoms with Gasteiger partial charge in [-0.1, -0.05) is 15.9 Å². The van der Waals surface area contributed by atoms with Crippen LogP contribution in [0.2, 0.25) is 0 Å². The SMILES string of the molecule is O=Cc1cc(Br)cc(CO)c1. The van der Waals surface area contributed by atoms with Crippen LogP contribution in [-0.2, 0) is 6.61 Å². The molecule has 1 N–H and O–H groups in total. The average molecular weight is 215 g/mol. The Balaban J connectivity index is 3.11. The summed E-state index contributed by atoms with van der Waals surface area (Å²) < 4.78 is 0.811. The molecule has 0 saturated carbocycles. The molecule has 3 heteroatoms. The second-order valence-corrected chi connectivity index (χ2v) is 3.08. The molecule has 0 unspecified atom stereocenters. The van der Waals surface area contributed by atoms with E-state index >= 15 is 0 Å². The van der Waals surface area contributed by atoms with Gasteiger partial charge in [0, 0.05) is 10.0 Å². The predicted octanol–water partition coefficient (Wildman–Crippen LogP) is 1.75. The van der Waals surface area contributed by atoms with Gasteiger partial charge < -0.3 is 5.11 Å². The Labute approximate surface area is 73.0 Å². The molecule has 0 aliphatic carbocycles. The predicted molar refractivity (Wildman–Crippen MR) is 45.5 cm³/mol. The standard InChI is InChI=1S/C8H7BrO2/c9-8-2-6(4-10)1-7(3-8)5-11/h1-4,11H,5H2. The lowest BCUT2D eigenvalue weighted by Gasteiger charge is -1.97. The number of aliphatic hydroxyl groups excluding tert-OH is 1. The first-order valence-electron chi connectivity index (χ1n) is 3.12. The van der Waals surface area contributed by atoms with Crippen LogP contribution in [0.3, 0.4) is 0 Å². The highest BCUT2D eigenvalue weighted by Crippen LogP contribution is 2.14. The molecule has 0 fully saturated rings. The van der Waals surface area contributed by atoms with Gasteiger partial charge in [-0.2, -0.15) is 0 Å². The van der Waals surface area contributed by atoms with Crippen molar-refractivity contribution in [3.63, 3.8) is 0 Å². The van der Waals surface area contributed by atoms with E-state index < -0.39 is 0 Å². The fourth-order valence-electron chi connectivity index (χ4n) is 0.835. The molecule has 11 heavy (non-hydrogen) atoms. The van der Waals surface area contributed by atoms with E-state index in [-0.39, 0.29) is 6.61 Å². The van der Waals surface area contributed by atoms with Gasteiger partial charge in [0.1, 0.15) is 6.29 Å². The minimum Gasteiger partial charge on any atom is -0.392 e. The van der Waals surface area contributed by atoms with Crippen LogP contribution >= 0.6 is 15.9 Å². The highest BCUT2D eigenvalue weighted by atomic mass is 79.9. The first-order valence-corrected chi connectivity index (χ1v) is 3.91. The van der Waals surface area contributed by atoms with Crippen LogP contribution in [0.4, 0.5) is 0 Å². The molecule has 0 radical (unpaired) electrons. The van der Waals surface area contributed by atoms with E-state index in [1.54, 1.807) is 18.2 Å². The molecule has 1 rings (SSSR count). The van der Waals surface area contributed by atoms with Crippen molar-refractivity contribution in [1.82, 2.24) is 0 Å². The summed E-state index contributed by atoms with van der Waals surface area (Å²) in [6.45, 7) is -0.0414. The van der Waals surface area contributed by atoms with E-state index in [9.17, 15) is 4.79 Å². The molecule has 0 aliphatic heterocycles. The Kier molecular flexibility index (Phi) is 2.79. The lowest BCUT2D eigenvalue weighted by atomic mass is 10.1. The molecule has 1 aromatic carbocycles. The average Bonchev–Trinajstić information content (AvgIpc) is 2.03. The number of aldehydes is 1. The second-order valence-electron chi connectivity index (χ2n) is 2.17. The molecule has 0 spiro atoms. The maximum atomic E-state index is 10.3. The molecule has 2 nitrogen and oxygen atoms in total. The van der Waals surface area contributed by atoms with Crippen LogP contribution in [0.15, 0.2) is 22.7 Å². The molecule has 0 aromatic heterocycles. The van der Waals surface area contributed by atoms with Gasteiger partial charge in [0.05, 0.1) is 6.61 Å². The van der Waals surface area contributed by atoms with Crippen molar-refractivity contribution in [3.8, 4) is 0 Å². The number of aliphatic hydroxyl groups is 1. The minimum absolute atomic E-state index is 0.0414. The molecule has 1 aromatic rings. The number of benzene rings is 1. The summed E-state index contributed by atoms with van der Waals surface area (Å²) in [5, 5.41) is 8.75. The maximum absolute atomic E-state index is 10.3. The van der Waals surface area contributed by atoms with E-state index in [0.717, 1.165) is 16.3 Å². The molecule has 0 heterocycles. The first-order chi connectivity index (χ1) is 5.26. The van der Waals surface area contributed by atoms with E-state index in [1.807, 2.05) is 0 Å². The number of hydrogen-bond donors (Lipinski definition) is 1. The molecule has 58 valence electrons. The Morgan fingerprint density at radius 1 is 1.45 bits per heavy atom. The summed E-state index contributed by atoms with van der Waals surface area (Å²) in [5.74, 6) is 0. The smallest absolute Gasteiger partial charge is 0.150 e. The van der Waals surface area contributed by atoms with Crippen molar-refractivity contribution in [1.29, 1.82) is 0 Å². The van der Waals surface area contributed by atoms with Crippen LogP contribution in [0.25, 0.3) is 0 Å². The fraction of sp³-hybridized carbons (Fsp3) is 0.125. The summed E-state index contributed by atoms with van der Waals surface area (Å²) in [5.41, 5.74) is 1.31. The van der Waals surface area contributed by atoms with Gasteiger partial charge in [-0.25, -0.2) is 0 Å². The molecule has 0 bridgehead atoms. The summed E-state index contributed by atoms with van der Waals surface area (Å²) in [6, 6.07) is 5.12. The van der Waals surface area contributed by atoms with Crippen LogP contribution in [0, 0.1) is 0 Å². The van der Waals surface area contributed by atoms with Gasteiger partial charge in [-0.3, -0.25) is 4.79 Å². The van der Waals surface area contributed by atoms with Crippen molar-refractivity contribution < 1.29 is 9.90 Å². The molecular weight excluding hydrogens is 208 g/mol. The van der Waals surface area contributed by atoms with Gasteiger partial charge >= 0.3 is 0 Å². The molecular formula is C8H7BrO2. The van der Waals surface area contributed by atoms with E-state index in [0.29, 0.717) is 5.56 Å². The fourth-order valence-corrected chi connectivity index (χ4v) is 1.39. The number of carbonyl (C=O) groups is 1. The van der Waals surface area contributed by atoms with Crippen LogP contribution in [0.1, 0.15) is 15.9 Å². The van der Waals surface area contributed by atoms with E-state index in [4.69, 9.17) is 5.11 Å². The molecule has 0 atom stereocenters. The van der Waals surface area contributed by atoms with Gasteiger partial charge in [0.2, 0.25) is 0 Å². The number of halogens is 1. The number of carbonyl (C=O) groups excluding carboxylic acids is 1. The Morgan fingerprint density at radius 2 is 2.18 bits per heavy atom. The second kappa shape index (κ2) is 3.64. The first kappa shape index (κ1) is 8.43. The van der Waals surface area contributed by atoms with Gasteiger partial charge in [0.15, 0.2) is 0 Å². The van der Waals surface area contributed by atoms with Crippen molar-refractivity contribution in [3.05, 3.63) is 33.8 Å². The Morgan fingerprint density at radius 3 is 2.73 bits per heavy atom. The van der Waals surface area contributed by atoms with Crippen molar-refractivity contribution in [2.45, 2.75) is 6.61 Å². The zero-order valence-corrected chi connectivity index (χ0v) is 7.34. The quantitative estimate of drug-likeness (QED) is 0.763. The van der Waals surface area contributed by atoms with Crippen LogP contribution < -0.4 is 0 Å². The Bertz CT molecular complexity index is 271. The third-order valence-electron chi connectivity index (χ3n) is 1.30. The molecule has 0 saturated heterocycles. The third kappa shape index (κ3) is 2.13. The minimum atomic E-state index is -0.0414. The van der Waals surface area contributed by atoms with Crippen molar-refractivity contribution in [2.24, 2.45) is 0 Å². The lowest BCUT2D eigenvalue weighted by molar-refractivity contribution is 0.112. The summed E-state index contributed by atoms with van der Waals surface area (Å²) in [4.78, 5) is 10.3. The number of hydrogen-bond acceptors (Lipinski definition) is 2. The summed E-state index contributed by atoms with van der Waals surface area (Å²) >= 11 is 3.22. The third-order valence-corrected chi connectivity index (χ3v) is 1.76. The maximum Gasteiger partial charge on any atom is 0.150 e. The highest BCUT2D eigenvalue weighted by molar-refractivity contribution is 9.10. The zero-order chi connectivity index (χ0) is 8.27. The lowest BCUT2D eigenvalue weighted by Crippen LogP contribution is -1.86. The van der Waals surface area contributed by atoms with Crippen LogP contribution in [-0.4, -0.2) is 11.4 Å². The van der Waals surface area contributed by atoms with E-state index in [1.165, 1.54) is 0 Å². The molecule has 0 aliphatic rings. The molecule has 0 amide bonds. The zero-order valence-electron chi connectivity index (χ0n) is 5.75. The monoisotopic (exact) mass is 214 g/mol. The Hall–Kier alpha value is -0.670. The largest absolute Gasteiger partial charge is 0.392 e. The van der Waals surface area contributed by atoms with E-state index in [2.05, 4.69) is 15.9 Å². The summed E-state index contributed by atoms with van der Waals surface area (Å²) in [7, 11) is 0. The highest BCUT2D eigenvalue weighted by Gasteiger charge is 1.96. The van der Waals surface area contributed by atoms with Crippen molar-refractivity contribution in [2.75, 3.05) is 0 Å². The summed E-state index contributed by atoms with van der Waals surface area (Å²) in [6.07, 6.45) is 0.754. The van der Waals surface area contributed by atoms with Crippen molar-refractivity contribution >= 4 is 22.2 Å². The van der Waals surface area contributed by atoms with Gasteiger partial charge in [0.25, 0.3) is 0 Å². The van der Waals surface area contributed by atoms with Crippen LogP contribution in [0.5, 0.6) is 0 Å². The normalized spacial score (nSPS) is 9.64. The number of rotatable bonds is 2. The van der Waals surface area contributed by atoms with Gasteiger partial charge in [-0.05, 0) is 23.8 Å². The van der Waals surface area contributed by atoms with Gasteiger partial charge in [-0.15, -0.1) is 0 Å². The topological polar surface area (TPSA) is 37.3 Å².